The maximum absolute atomic E-state index is 13.5. The van der Waals surface area contributed by atoms with Crippen LogP contribution in [0.15, 0.2) is 69.2 Å². The van der Waals surface area contributed by atoms with Gasteiger partial charge in [-0.15, -0.1) is 0 Å². The number of carbonyl (C=O) groups excluding carboxylic acids is 2. The van der Waals surface area contributed by atoms with E-state index in [9.17, 15) is 14.4 Å². The van der Waals surface area contributed by atoms with E-state index in [0.717, 1.165) is 30.2 Å². The van der Waals surface area contributed by atoms with Gasteiger partial charge in [0, 0.05) is 29.4 Å². The molecule has 1 atom stereocenters. The normalized spacial score (nSPS) is 15.0. The van der Waals surface area contributed by atoms with Gasteiger partial charge in [-0.1, -0.05) is 29.4 Å². The van der Waals surface area contributed by atoms with Crippen molar-refractivity contribution in [3.05, 3.63) is 87.1 Å². The molecule has 202 valence electrons. The number of nitrogens with one attached hydrogen (secondary N) is 2. The first kappa shape index (κ1) is 27.0. The summed E-state index contributed by atoms with van der Waals surface area (Å²) in [6, 6.07) is 13.6. The lowest BCUT2D eigenvalue weighted by Crippen LogP contribution is -2.31. The van der Waals surface area contributed by atoms with E-state index in [1.165, 1.54) is 10.8 Å². The zero-order chi connectivity index (χ0) is 27.4. The number of amides is 2. The number of nitrogens with zero attached hydrogens (tertiary/aromatic N) is 2. The van der Waals surface area contributed by atoms with Crippen LogP contribution in [0.25, 0.3) is 10.9 Å². The van der Waals surface area contributed by atoms with Crippen LogP contribution in [0.4, 0.5) is 5.69 Å². The van der Waals surface area contributed by atoms with Crippen LogP contribution in [-0.2, 0) is 16.1 Å². The van der Waals surface area contributed by atoms with Crippen molar-refractivity contribution in [3.63, 3.8) is 0 Å². The third kappa shape index (κ3) is 6.52. The van der Waals surface area contributed by atoms with Gasteiger partial charge in [0.05, 0.1) is 35.6 Å². The van der Waals surface area contributed by atoms with Gasteiger partial charge in [0.1, 0.15) is 5.76 Å². The average molecular weight is 567 g/mol. The molecule has 0 saturated carbocycles. The highest BCUT2D eigenvalue weighted by Crippen LogP contribution is 2.23. The molecular formula is C28H27ClN4O5S. The number of anilines is 1. The first-order chi connectivity index (χ1) is 18.9. The van der Waals surface area contributed by atoms with Crippen LogP contribution in [-0.4, -0.2) is 46.4 Å². The third-order valence-electron chi connectivity index (χ3n) is 6.38. The third-order valence-corrected chi connectivity index (χ3v) is 7.76. The Morgan fingerprint density at radius 1 is 1.21 bits per heavy atom. The predicted octanol–water partition coefficient (Wildman–Crippen LogP) is 4.64. The highest BCUT2D eigenvalue weighted by molar-refractivity contribution is 7.99. The lowest BCUT2D eigenvalue weighted by atomic mass is 10.1. The van der Waals surface area contributed by atoms with Gasteiger partial charge in [-0.2, -0.15) is 0 Å². The molecule has 9 nitrogen and oxygen atoms in total. The van der Waals surface area contributed by atoms with Crippen molar-refractivity contribution in [2.24, 2.45) is 0 Å². The van der Waals surface area contributed by atoms with E-state index in [0.29, 0.717) is 51.2 Å². The number of ether oxygens (including phenoxy) is 1. The Morgan fingerprint density at radius 3 is 2.82 bits per heavy atom. The van der Waals surface area contributed by atoms with E-state index in [2.05, 4.69) is 15.6 Å². The average Bonchev–Trinajstić information content (AvgIpc) is 3.64. The molecule has 1 fully saturated rings. The zero-order valence-corrected chi connectivity index (χ0v) is 22.8. The molecule has 0 spiro atoms. The standard InChI is InChI=1S/C28H27ClN4O5S/c1-17-6-8-19(13-23(17)29)31-25(34)16-39-28-32-24-12-18(26(35)30-14-20-4-2-10-37-20)7-9-22(24)27(36)33(28)15-21-5-3-11-38-21/h3,5-9,11-13,20H,2,4,10,14-16H2,1H3,(H,30,35)(H,31,34). The molecule has 0 bridgehead atoms. The summed E-state index contributed by atoms with van der Waals surface area (Å²) in [5.41, 5.74) is 1.95. The van der Waals surface area contributed by atoms with Crippen LogP contribution in [0, 0.1) is 6.92 Å². The molecule has 0 aliphatic carbocycles. The van der Waals surface area contributed by atoms with Crippen LogP contribution >= 0.6 is 23.4 Å². The van der Waals surface area contributed by atoms with E-state index in [1.54, 1.807) is 42.5 Å². The fraction of sp³-hybridized carbons (Fsp3) is 0.286. The molecule has 3 heterocycles. The lowest BCUT2D eigenvalue weighted by Gasteiger charge is -2.14. The molecule has 1 aliphatic rings. The molecule has 5 rings (SSSR count). The summed E-state index contributed by atoms with van der Waals surface area (Å²) in [4.78, 5) is 43.7. The molecule has 4 aromatic rings. The van der Waals surface area contributed by atoms with Gasteiger partial charge in [-0.05, 0) is 67.8 Å². The smallest absolute Gasteiger partial charge is 0.262 e. The fourth-order valence-corrected chi connectivity index (χ4v) is 5.24. The summed E-state index contributed by atoms with van der Waals surface area (Å²) < 4.78 is 12.5. The Hall–Kier alpha value is -3.60. The first-order valence-corrected chi connectivity index (χ1v) is 13.9. The Labute approximate surface area is 233 Å². The van der Waals surface area contributed by atoms with Gasteiger partial charge in [0.25, 0.3) is 11.5 Å². The van der Waals surface area contributed by atoms with Gasteiger partial charge < -0.3 is 19.8 Å². The molecule has 2 amide bonds. The number of thioether (sulfide) groups is 1. The molecule has 1 aliphatic heterocycles. The quantitative estimate of drug-likeness (QED) is 0.224. The van der Waals surface area contributed by atoms with Crippen molar-refractivity contribution in [1.29, 1.82) is 0 Å². The van der Waals surface area contributed by atoms with Crippen molar-refractivity contribution in [2.45, 2.75) is 37.6 Å². The number of benzene rings is 2. The van der Waals surface area contributed by atoms with Crippen LogP contribution in [0.5, 0.6) is 0 Å². The van der Waals surface area contributed by atoms with Crippen LogP contribution in [0.3, 0.4) is 0 Å². The highest BCUT2D eigenvalue weighted by Gasteiger charge is 2.19. The van der Waals surface area contributed by atoms with E-state index < -0.39 is 0 Å². The van der Waals surface area contributed by atoms with Crippen LogP contribution < -0.4 is 16.2 Å². The Kier molecular flexibility index (Phi) is 8.35. The Bertz CT molecular complexity index is 1560. The summed E-state index contributed by atoms with van der Waals surface area (Å²) in [5.74, 6) is 0.0349. The number of rotatable bonds is 9. The van der Waals surface area contributed by atoms with E-state index in [1.807, 2.05) is 13.0 Å². The number of aromatic nitrogens is 2. The molecular weight excluding hydrogens is 540 g/mol. The van der Waals surface area contributed by atoms with Gasteiger partial charge in [0.15, 0.2) is 5.16 Å². The first-order valence-electron chi connectivity index (χ1n) is 12.5. The number of hydrogen-bond acceptors (Lipinski definition) is 7. The molecule has 0 radical (unpaired) electrons. The van der Waals surface area contributed by atoms with Crippen molar-refractivity contribution in [3.8, 4) is 0 Å². The second-order valence-corrected chi connectivity index (χ2v) is 10.6. The molecule has 2 N–H and O–H groups in total. The van der Waals surface area contributed by atoms with E-state index >= 15 is 0 Å². The second-order valence-electron chi connectivity index (χ2n) is 9.24. The SMILES string of the molecule is Cc1ccc(NC(=O)CSc2nc3cc(C(=O)NCC4CCCO4)ccc3c(=O)n2Cc2ccco2)cc1Cl. The van der Waals surface area contributed by atoms with Crippen LogP contribution in [0.2, 0.25) is 5.02 Å². The lowest BCUT2D eigenvalue weighted by molar-refractivity contribution is -0.113. The summed E-state index contributed by atoms with van der Waals surface area (Å²) >= 11 is 7.29. The molecule has 1 unspecified atom stereocenters. The number of aryl methyl sites for hydroxylation is 1. The van der Waals surface area contributed by atoms with Gasteiger partial charge in [0.2, 0.25) is 5.91 Å². The number of carbonyl (C=O) groups is 2. The van der Waals surface area contributed by atoms with Crippen molar-refractivity contribution in [2.75, 3.05) is 24.2 Å². The zero-order valence-electron chi connectivity index (χ0n) is 21.2. The molecule has 2 aromatic carbocycles. The Balaban J connectivity index is 1.39. The van der Waals surface area contributed by atoms with Crippen molar-refractivity contribution in [1.82, 2.24) is 14.9 Å². The number of hydrogen-bond donors (Lipinski definition) is 2. The van der Waals surface area contributed by atoms with Crippen LogP contribution in [0.1, 0.15) is 34.5 Å². The van der Waals surface area contributed by atoms with E-state index in [-0.39, 0.29) is 35.8 Å². The van der Waals surface area contributed by atoms with Gasteiger partial charge in [-0.25, -0.2) is 4.98 Å². The molecule has 11 heteroatoms. The minimum Gasteiger partial charge on any atom is -0.467 e. The maximum atomic E-state index is 13.5. The monoisotopic (exact) mass is 566 g/mol. The number of halogens is 1. The minimum absolute atomic E-state index is 0.00314. The summed E-state index contributed by atoms with van der Waals surface area (Å²) in [7, 11) is 0. The summed E-state index contributed by atoms with van der Waals surface area (Å²) in [6.45, 7) is 3.17. The van der Waals surface area contributed by atoms with Crippen molar-refractivity contribution >= 4 is 51.8 Å². The Morgan fingerprint density at radius 2 is 2.08 bits per heavy atom. The predicted molar refractivity (Wildman–Crippen MR) is 151 cm³/mol. The summed E-state index contributed by atoms with van der Waals surface area (Å²) in [5, 5.41) is 6.96. The highest BCUT2D eigenvalue weighted by atomic mass is 35.5. The summed E-state index contributed by atoms with van der Waals surface area (Å²) in [6.07, 6.45) is 3.46. The van der Waals surface area contributed by atoms with E-state index in [4.69, 9.17) is 20.8 Å². The maximum Gasteiger partial charge on any atom is 0.262 e. The molecule has 2 aromatic heterocycles. The number of furan rings is 1. The topological polar surface area (TPSA) is 115 Å². The van der Waals surface area contributed by atoms with Crippen molar-refractivity contribution < 1.29 is 18.7 Å². The molecule has 1 saturated heterocycles. The van der Waals surface area contributed by atoms with Gasteiger partial charge in [-0.3, -0.25) is 19.0 Å². The van der Waals surface area contributed by atoms with Gasteiger partial charge >= 0.3 is 0 Å². The largest absolute Gasteiger partial charge is 0.467 e. The number of fused-ring (bicyclic) bond motifs is 1. The molecule has 39 heavy (non-hydrogen) atoms. The second kappa shape index (κ2) is 12.1. The minimum atomic E-state index is -0.295. The fourth-order valence-electron chi connectivity index (χ4n) is 4.26.